The van der Waals surface area contributed by atoms with Crippen LogP contribution < -0.4 is 5.32 Å². The van der Waals surface area contributed by atoms with Crippen LogP contribution in [0, 0.1) is 0 Å². The van der Waals surface area contributed by atoms with E-state index in [2.05, 4.69) is 15.2 Å². The zero-order valence-electron chi connectivity index (χ0n) is 14.6. The van der Waals surface area contributed by atoms with E-state index in [1.807, 2.05) is 40.3 Å². The zero-order chi connectivity index (χ0) is 17.8. The molecule has 1 aliphatic heterocycles. The van der Waals surface area contributed by atoms with Crippen LogP contribution >= 0.6 is 11.3 Å². The number of rotatable bonds is 6. The van der Waals surface area contributed by atoms with Crippen molar-refractivity contribution in [3.63, 3.8) is 0 Å². The largest absolute Gasteiger partial charge is 0.379 e. The van der Waals surface area contributed by atoms with Gasteiger partial charge < -0.3 is 10.1 Å². The number of amides is 1. The number of hydrogen-bond donors (Lipinski definition) is 1. The molecule has 0 saturated carbocycles. The topological polar surface area (TPSA) is 59.4 Å². The van der Waals surface area contributed by atoms with Gasteiger partial charge in [0.2, 0.25) is 0 Å². The van der Waals surface area contributed by atoms with Crippen molar-refractivity contribution in [3.05, 3.63) is 46.9 Å². The number of carbonyl (C=O) groups excluding carboxylic acids is 1. The minimum atomic E-state index is -0.00681. The lowest BCUT2D eigenvalue weighted by Crippen LogP contribution is -2.38. The fourth-order valence-electron chi connectivity index (χ4n) is 3.15. The Kier molecular flexibility index (Phi) is 5.29. The Morgan fingerprint density at radius 2 is 2.12 bits per heavy atom. The maximum Gasteiger partial charge on any atom is 0.261 e. The van der Waals surface area contributed by atoms with Crippen LogP contribution in [0.4, 0.5) is 0 Å². The summed E-state index contributed by atoms with van der Waals surface area (Å²) in [6.07, 6.45) is 2.76. The molecule has 1 aliphatic rings. The first-order valence-electron chi connectivity index (χ1n) is 8.90. The molecule has 136 valence electrons. The maximum absolute atomic E-state index is 12.4. The van der Waals surface area contributed by atoms with Crippen molar-refractivity contribution in [3.8, 4) is 5.69 Å². The van der Waals surface area contributed by atoms with Gasteiger partial charge in [0, 0.05) is 25.0 Å². The highest BCUT2D eigenvalue weighted by Gasteiger charge is 2.13. The van der Waals surface area contributed by atoms with Gasteiger partial charge in [0.05, 0.1) is 34.8 Å². The van der Waals surface area contributed by atoms with Crippen LogP contribution in [0.5, 0.6) is 0 Å². The van der Waals surface area contributed by atoms with Gasteiger partial charge in [-0.15, -0.1) is 11.3 Å². The number of nitrogens with zero attached hydrogens (tertiary/aromatic N) is 3. The first-order chi connectivity index (χ1) is 12.8. The molecule has 1 saturated heterocycles. The Balaban J connectivity index is 1.33. The van der Waals surface area contributed by atoms with Crippen molar-refractivity contribution in [2.75, 3.05) is 39.4 Å². The van der Waals surface area contributed by atoms with E-state index in [-0.39, 0.29) is 5.91 Å². The molecule has 1 amide bonds. The number of hydrogen-bond acceptors (Lipinski definition) is 5. The standard InChI is InChI=1S/C19H22N4O2S/c24-19(20-6-3-7-22-8-10-25-11-9-22)18-12-15(13-26-18)23-14-21-16-4-1-2-5-17(16)23/h1-2,4-5,12-14H,3,6-11H2,(H,20,24). The van der Waals surface area contributed by atoms with E-state index in [9.17, 15) is 4.79 Å². The lowest BCUT2D eigenvalue weighted by Gasteiger charge is -2.26. The summed E-state index contributed by atoms with van der Waals surface area (Å²) in [7, 11) is 0. The van der Waals surface area contributed by atoms with Gasteiger partial charge in [-0.25, -0.2) is 4.98 Å². The number of nitrogens with one attached hydrogen (secondary N) is 1. The highest BCUT2D eigenvalue weighted by atomic mass is 32.1. The average molecular weight is 370 g/mol. The summed E-state index contributed by atoms with van der Waals surface area (Å²) in [5.41, 5.74) is 2.97. The molecule has 0 spiro atoms. The number of morpholine rings is 1. The van der Waals surface area contributed by atoms with Crippen molar-refractivity contribution in [1.82, 2.24) is 19.8 Å². The number of thiophene rings is 1. The maximum atomic E-state index is 12.4. The third-order valence-corrected chi connectivity index (χ3v) is 5.50. The fourth-order valence-corrected chi connectivity index (χ4v) is 3.95. The Morgan fingerprint density at radius 3 is 3.00 bits per heavy atom. The van der Waals surface area contributed by atoms with Crippen LogP contribution in [0.15, 0.2) is 42.0 Å². The molecule has 2 aromatic heterocycles. The minimum Gasteiger partial charge on any atom is -0.379 e. The third-order valence-electron chi connectivity index (χ3n) is 4.58. The highest BCUT2D eigenvalue weighted by molar-refractivity contribution is 7.12. The number of ether oxygens (including phenoxy) is 1. The summed E-state index contributed by atoms with van der Waals surface area (Å²) in [4.78, 5) is 19.9. The Morgan fingerprint density at radius 1 is 1.27 bits per heavy atom. The molecular formula is C19H22N4O2S. The van der Waals surface area contributed by atoms with Crippen LogP contribution in [0.2, 0.25) is 0 Å². The van der Waals surface area contributed by atoms with Crippen molar-refractivity contribution < 1.29 is 9.53 Å². The smallest absolute Gasteiger partial charge is 0.261 e. The zero-order valence-corrected chi connectivity index (χ0v) is 15.4. The van der Waals surface area contributed by atoms with E-state index in [1.54, 1.807) is 6.33 Å². The molecule has 0 unspecified atom stereocenters. The summed E-state index contributed by atoms with van der Waals surface area (Å²) >= 11 is 1.46. The quantitative estimate of drug-likeness (QED) is 0.678. The van der Waals surface area contributed by atoms with Crippen molar-refractivity contribution in [1.29, 1.82) is 0 Å². The minimum absolute atomic E-state index is 0.00681. The first kappa shape index (κ1) is 17.2. The summed E-state index contributed by atoms with van der Waals surface area (Å²) < 4.78 is 7.36. The van der Waals surface area contributed by atoms with Gasteiger partial charge in [-0.2, -0.15) is 0 Å². The normalized spacial score (nSPS) is 15.4. The van der Waals surface area contributed by atoms with Crippen LogP contribution in [0.25, 0.3) is 16.7 Å². The SMILES string of the molecule is O=C(NCCCN1CCOCC1)c1cc(-n2cnc3ccccc32)cs1. The van der Waals surface area contributed by atoms with Crippen LogP contribution in [0.1, 0.15) is 16.1 Å². The molecular weight excluding hydrogens is 348 g/mol. The van der Waals surface area contributed by atoms with E-state index in [4.69, 9.17) is 4.74 Å². The summed E-state index contributed by atoms with van der Waals surface area (Å²) in [5.74, 6) is -0.00681. The second-order valence-electron chi connectivity index (χ2n) is 6.34. The van der Waals surface area contributed by atoms with E-state index in [0.29, 0.717) is 6.54 Å². The second kappa shape index (κ2) is 7.99. The van der Waals surface area contributed by atoms with Gasteiger partial charge >= 0.3 is 0 Å². The number of benzene rings is 1. The Hall–Kier alpha value is -2.22. The molecule has 4 rings (SSSR count). The van der Waals surface area contributed by atoms with Gasteiger partial charge in [-0.1, -0.05) is 12.1 Å². The predicted molar refractivity (Wildman–Crippen MR) is 103 cm³/mol. The van der Waals surface area contributed by atoms with E-state index < -0.39 is 0 Å². The molecule has 3 aromatic rings. The molecule has 26 heavy (non-hydrogen) atoms. The molecule has 7 heteroatoms. The van der Waals surface area contributed by atoms with Crippen molar-refractivity contribution in [2.45, 2.75) is 6.42 Å². The number of para-hydroxylation sites is 2. The van der Waals surface area contributed by atoms with Gasteiger partial charge in [0.1, 0.15) is 6.33 Å². The first-order valence-corrected chi connectivity index (χ1v) is 9.78. The third kappa shape index (κ3) is 3.80. The molecule has 0 atom stereocenters. The number of aromatic nitrogens is 2. The molecule has 6 nitrogen and oxygen atoms in total. The van der Waals surface area contributed by atoms with Gasteiger partial charge in [0.15, 0.2) is 0 Å². The molecule has 1 fully saturated rings. The second-order valence-corrected chi connectivity index (χ2v) is 7.25. The van der Waals surface area contributed by atoms with Crippen LogP contribution in [-0.2, 0) is 4.74 Å². The lowest BCUT2D eigenvalue weighted by atomic mass is 10.3. The Labute approximate surface area is 156 Å². The highest BCUT2D eigenvalue weighted by Crippen LogP contribution is 2.22. The summed E-state index contributed by atoms with van der Waals surface area (Å²) in [5, 5.41) is 5.02. The molecule has 0 aliphatic carbocycles. The number of fused-ring (bicyclic) bond motifs is 1. The molecule has 1 N–H and O–H groups in total. The average Bonchev–Trinajstić information content (AvgIpc) is 3.33. The van der Waals surface area contributed by atoms with E-state index >= 15 is 0 Å². The molecule has 0 bridgehead atoms. The Bertz CT molecular complexity index is 882. The molecule has 3 heterocycles. The summed E-state index contributed by atoms with van der Waals surface area (Å²) in [6.45, 7) is 5.29. The molecule has 0 radical (unpaired) electrons. The molecule has 1 aromatic carbocycles. The van der Waals surface area contributed by atoms with Gasteiger partial charge in [-0.05, 0) is 31.2 Å². The van der Waals surface area contributed by atoms with E-state index in [0.717, 1.165) is 60.9 Å². The van der Waals surface area contributed by atoms with Crippen molar-refractivity contribution in [2.24, 2.45) is 0 Å². The predicted octanol–water partition coefficient (Wildman–Crippen LogP) is 2.54. The number of imidazole rings is 1. The van der Waals surface area contributed by atoms with Crippen LogP contribution in [-0.4, -0.2) is 59.8 Å². The van der Waals surface area contributed by atoms with Crippen molar-refractivity contribution >= 4 is 28.3 Å². The lowest BCUT2D eigenvalue weighted by molar-refractivity contribution is 0.0374. The van der Waals surface area contributed by atoms with Gasteiger partial charge in [-0.3, -0.25) is 14.3 Å². The fraction of sp³-hybridized carbons (Fsp3) is 0.368. The monoisotopic (exact) mass is 370 g/mol. The van der Waals surface area contributed by atoms with Gasteiger partial charge in [0.25, 0.3) is 5.91 Å². The summed E-state index contributed by atoms with van der Waals surface area (Å²) in [6, 6.07) is 9.92. The van der Waals surface area contributed by atoms with Crippen LogP contribution in [0.3, 0.4) is 0 Å². The number of carbonyl (C=O) groups is 1. The van der Waals surface area contributed by atoms with E-state index in [1.165, 1.54) is 11.3 Å².